The molecule has 28 heavy (non-hydrogen) atoms. The Labute approximate surface area is 188 Å². The van der Waals surface area contributed by atoms with Gasteiger partial charge in [0, 0.05) is 36.0 Å². The van der Waals surface area contributed by atoms with E-state index in [0.29, 0.717) is 26.1 Å². The van der Waals surface area contributed by atoms with E-state index in [0.717, 1.165) is 23.9 Å². The Morgan fingerprint density at radius 3 is 2.43 bits per heavy atom. The molecular formula is C20H25IN5OPt-2. The zero-order valence-corrected chi connectivity index (χ0v) is 19.9. The largest absolute Gasteiger partial charge is 0.677 e. The molecule has 0 spiro atoms. The molecule has 0 saturated heterocycles. The maximum atomic E-state index is 11.9. The first kappa shape index (κ1) is 24.8. The molecule has 3 aromatic rings. The van der Waals surface area contributed by atoms with E-state index in [1.54, 1.807) is 12.4 Å². The fourth-order valence-electron chi connectivity index (χ4n) is 2.51. The molecule has 8 heteroatoms. The molecule has 0 fully saturated rings. The number of nitrogens with zero attached hydrogens (tertiary/aromatic N) is 1. The molecule has 2 heterocycles. The van der Waals surface area contributed by atoms with E-state index in [9.17, 15) is 4.79 Å². The van der Waals surface area contributed by atoms with Gasteiger partial charge in [0.1, 0.15) is 0 Å². The number of carbonyl (C=O) groups is 1. The van der Waals surface area contributed by atoms with Crippen molar-refractivity contribution in [1.29, 1.82) is 0 Å². The zero-order valence-electron chi connectivity index (χ0n) is 15.5. The van der Waals surface area contributed by atoms with Gasteiger partial charge in [0.15, 0.2) is 0 Å². The van der Waals surface area contributed by atoms with Gasteiger partial charge in [-0.1, -0.05) is 24.6 Å². The summed E-state index contributed by atoms with van der Waals surface area (Å²) in [6.07, 6.45) is 7.37. The van der Waals surface area contributed by atoms with Gasteiger partial charge < -0.3 is 21.8 Å². The monoisotopic (exact) mass is 673 g/mol. The number of aromatic nitrogens is 2. The summed E-state index contributed by atoms with van der Waals surface area (Å²) >= 11 is 4.23. The van der Waals surface area contributed by atoms with E-state index in [-0.39, 0.29) is 5.91 Å². The number of carbonyl (C=O) groups excluding carboxylic acids is 1. The summed E-state index contributed by atoms with van der Waals surface area (Å²) in [6.45, 7) is 1.46. The molecule has 0 aliphatic rings. The number of aromatic amines is 1. The van der Waals surface area contributed by atoms with Crippen LogP contribution in [0.5, 0.6) is 0 Å². The van der Waals surface area contributed by atoms with Crippen molar-refractivity contribution in [2.45, 2.75) is 19.3 Å². The number of rotatable bonds is 7. The van der Waals surface area contributed by atoms with Crippen LogP contribution in [0.15, 0.2) is 55.0 Å². The SMILES string of the molecule is O=C(Cc1ccncc1)NCCc1c[nH]c2ccccc12.[I][Pt].[NH-]CCC[NH-]. The van der Waals surface area contributed by atoms with E-state index in [4.69, 9.17) is 11.5 Å². The number of fused-ring (bicyclic) bond motifs is 1. The van der Waals surface area contributed by atoms with Crippen LogP contribution in [0.25, 0.3) is 22.4 Å². The molecule has 2 aromatic heterocycles. The molecule has 0 aliphatic carbocycles. The fourth-order valence-corrected chi connectivity index (χ4v) is 2.51. The fraction of sp³-hybridized carbons (Fsp3) is 0.300. The molecule has 4 N–H and O–H groups in total. The van der Waals surface area contributed by atoms with Crippen molar-refractivity contribution in [2.75, 3.05) is 19.6 Å². The van der Waals surface area contributed by atoms with E-state index in [2.05, 4.69) is 62.9 Å². The second-order valence-electron chi connectivity index (χ2n) is 5.85. The number of hydrogen-bond acceptors (Lipinski definition) is 2. The molecule has 0 saturated carbocycles. The van der Waals surface area contributed by atoms with Crippen molar-refractivity contribution in [1.82, 2.24) is 15.3 Å². The molecule has 0 bridgehead atoms. The van der Waals surface area contributed by atoms with Crippen molar-refractivity contribution in [3.63, 3.8) is 0 Å². The Bertz CT molecular complexity index is 795. The first-order valence-electron chi connectivity index (χ1n) is 8.86. The molecule has 0 atom stereocenters. The second kappa shape index (κ2) is 15.6. The van der Waals surface area contributed by atoms with Gasteiger partial charge in [-0.2, -0.15) is 13.1 Å². The molecule has 3 rings (SSSR count). The predicted octanol–water partition coefficient (Wildman–Crippen LogP) is 4.83. The number of nitrogens with one attached hydrogen (secondary N) is 4. The number of benzene rings is 1. The van der Waals surface area contributed by atoms with Crippen LogP contribution in [0.2, 0.25) is 0 Å². The van der Waals surface area contributed by atoms with Crippen LogP contribution in [0.4, 0.5) is 0 Å². The Balaban J connectivity index is 0.000000490. The standard InChI is InChI=1S/C17H17N3O.C3H8N2.HI.Pt/c21-17(11-13-5-8-18-9-6-13)19-10-7-14-12-20-16-4-2-1-3-15(14)16;4-2-1-3-5;;/h1-6,8-9,12,20H,7,10-11H2,(H,19,21);4-5H,1-3H2;1H;/q;-2;;+1/p-1. The number of amides is 1. The first-order chi connectivity index (χ1) is 13.7. The Hall–Kier alpha value is -1.28. The minimum atomic E-state index is 0.0426. The van der Waals surface area contributed by atoms with Crippen molar-refractivity contribution in [2.24, 2.45) is 0 Å². The number of hydrogen-bond donors (Lipinski definition) is 2. The average Bonchev–Trinajstić information content (AvgIpc) is 3.15. The zero-order chi connectivity index (χ0) is 20.6. The van der Waals surface area contributed by atoms with E-state index in [1.165, 1.54) is 10.9 Å². The van der Waals surface area contributed by atoms with Crippen molar-refractivity contribution >= 4 is 36.2 Å². The Morgan fingerprint density at radius 1 is 1.11 bits per heavy atom. The molecule has 1 aromatic carbocycles. The van der Waals surface area contributed by atoms with E-state index < -0.39 is 0 Å². The van der Waals surface area contributed by atoms with Crippen LogP contribution in [0, 0.1) is 0 Å². The average molecular weight is 673 g/mol. The van der Waals surface area contributed by atoms with Crippen molar-refractivity contribution in [3.05, 3.63) is 77.6 Å². The maximum absolute atomic E-state index is 11.9. The number of halogens is 1. The predicted molar refractivity (Wildman–Crippen MR) is 120 cm³/mol. The van der Waals surface area contributed by atoms with Crippen LogP contribution >= 0.6 is 19.4 Å². The summed E-state index contributed by atoms with van der Waals surface area (Å²) in [5.74, 6) is 0.0426. The molecule has 0 radical (unpaired) electrons. The Morgan fingerprint density at radius 2 is 1.79 bits per heavy atom. The van der Waals surface area contributed by atoms with Gasteiger partial charge in [0.05, 0.1) is 6.42 Å². The Kier molecular flexibility index (Phi) is 13.8. The van der Waals surface area contributed by atoms with Gasteiger partial charge in [-0.15, -0.1) is 0 Å². The van der Waals surface area contributed by atoms with Gasteiger partial charge in [-0.25, -0.2) is 0 Å². The van der Waals surface area contributed by atoms with Crippen LogP contribution < -0.4 is 5.32 Å². The number of pyridine rings is 1. The summed E-state index contributed by atoms with van der Waals surface area (Å²) in [5.41, 5.74) is 16.3. The maximum Gasteiger partial charge on any atom is -0.0916 e. The first-order valence-corrected chi connectivity index (χ1v) is 15.3. The van der Waals surface area contributed by atoms with Gasteiger partial charge in [0.25, 0.3) is 0 Å². The normalized spacial score (nSPS) is 9.75. The molecule has 155 valence electrons. The van der Waals surface area contributed by atoms with Gasteiger partial charge in [0.2, 0.25) is 5.91 Å². The molecule has 1 amide bonds. The van der Waals surface area contributed by atoms with Crippen LogP contribution in [0.1, 0.15) is 17.5 Å². The number of H-pyrrole nitrogens is 1. The summed E-state index contributed by atoms with van der Waals surface area (Å²) in [5, 5.41) is 4.18. The van der Waals surface area contributed by atoms with Crippen LogP contribution in [-0.4, -0.2) is 35.5 Å². The summed E-state index contributed by atoms with van der Waals surface area (Å²) in [6, 6.07) is 11.9. The third-order valence-electron chi connectivity index (χ3n) is 3.86. The topological polar surface area (TPSA) is 105 Å². The van der Waals surface area contributed by atoms with Gasteiger partial charge in [-0.05, 0) is 35.7 Å². The van der Waals surface area contributed by atoms with Crippen molar-refractivity contribution < 1.29 is 20.9 Å². The van der Waals surface area contributed by atoms with E-state index >= 15 is 0 Å². The summed E-state index contributed by atoms with van der Waals surface area (Å²) in [7, 11) is 0. The van der Waals surface area contributed by atoms with E-state index in [1.807, 2.05) is 30.5 Å². The quantitative estimate of drug-likeness (QED) is 0.351. The molecule has 0 aliphatic heterocycles. The third-order valence-corrected chi connectivity index (χ3v) is 3.86. The minimum absolute atomic E-state index is 0.0426. The van der Waals surface area contributed by atoms with Gasteiger partial charge in [-0.3, -0.25) is 9.78 Å². The molecule has 6 nitrogen and oxygen atoms in total. The minimum Gasteiger partial charge on any atom is -0.677 e. The molecule has 0 unspecified atom stereocenters. The van der Waals surface area contributed by atoms with Crippen LogP contribution in [-0.2, 0) is 33.8 Å². The van der Waals surface area contributed by atoms with Crippen molar-refractivity contribution in [3.8, 4) is 0 Å². The molecular weight excluding hydrogens is 648 g/mol. The summed E-state index contributed by atoms with van der Waals surface area (Å²) < 4.78 is 0. The van der Waals surface area contributed by atoms with Crippen LogP contribution in [0.3, 0.4) is 0 Å². The number of para-hydroxylation sites is 1. The smallest absolute Gasteiger partial charge is 0.0916 e. The third kappa shape index (κ3) is 9.28. The summed E-state index contributed by atoms with van der Waals surface area (Å²) in [4.78, 5) is 19.1. The second-order valence-corrected chi connectivity index (χ2v) is 5.85. The van der Waals surface area contributed by atoms with Gasteiger partial charge >= 0.3 is 35.5 Å².